The first kappa shape index (κ1) is 15.7. The van der Waals surface area contributed by atoms with Crippen LogP contribution in [0.3, 0.4) is 0 Å². The van der Waals surface area contributed by atoms with E-state index in [1.165, 1.54) is 12.3 Å². The highest BCUT2D eigenvalue weighted by Gasteiger charge is 2.17. The molecule has 1 aromatic heterocycles. The van der Waals surface area contributed by atoms with Crippen LogP contribution in [-0.2, 0) is 9.53 Å². The van der Waals surface area contributed by atoms with Crippen molar-refractivity contribution in [2.45, 2.75) is 19.9 Å². The van der Waals surface area contributed by atoms with Crippen LogP contribution >= 0.6 is 0 Å². The maximum absolute atomic E-state index is 11.9. The van der Waals surface area contributed by atoms with E-state index in [1.807, 2.05) is 0 Å². The molecule has 1 heterocycles. The van der Waals surface area contributed by atoms with Crippen LogP contribution < -0.4 is 11.1 Å². The molecule has 0 radical (unpaired) electrons. The van der Waals surface area contributed by atoms with Crippen LogP contribution in [0.15, 0.2) is 18.3 Å². The number of esters is 1. The zero-order chi connectivity index (χ0) is 15.0. The summed E-state index contributed by atoms with van der Waals surface area (Å²) in [5, 5.41) is 2.51. The van der Waals surface area contributed by atoms with Crippen LogP contribution in [0.1, 0.15) is 29.9 Å². The Hall–Kier alpha value is -2.39. The number of ether oxygens (including phenoxy) is 1. The second-order valence-corrected chi connectivity index (χ2v) is 3.89. The van der Waals surface area contributed by atoms with Gasteiger partial charge in [0, 0.05) is 11.8 Å². The van der Waals surface area contributed by atoms with Crippen LogP contribution in [0, 0.1) is 11.8 Å². The lowest BCUT2D eigenvalue weighted by atomic mass is 10.2. The third-order valence-electron chi connectivity index (χ3n) is 2.32. The molecule has 20 heavy (non-hydrogen) atoms. The number of hydrogen-bond donors (Lipinski definition) is 2. The number of carbonyl (C=O) groups excluding carboxylic acids is 2. The second kappa shape index (κ2) is 7.92. The summed E-state index contributed by atoms with van der Waals surface area (Å²) in [7, 11) is 0. The average Bonchev–Trinajstić information content (AvgIpc) is 2.45. The molecular weight excluding hydrogens is 258 g/mol. The molecule has 0 aromatic carbocycles. The Bertz CT molecular complexity index is 529. The molecule has 0 fully saturated rings. The molecule has 0 saturated carbocycles. The van der Waals surface area contributed by atoms with Crippen molar-refractivity contribution < 1.29 is 14.3 Å². The van der Waals surface area contributed by atoms with Crippen molar-refractivity contribution in [3.63, 3.8) is 0 Å². The van der Waals surface area contributed by atoms with E-state index >= 15 is 0 Å². The molecule has 0 aliphatic heterocycles. The zero-order valence-corrected chi connectivity index (χ0v) is 11.5. The Balaban J connectivity index is 2.66. The van der Waals surface area contributed by atoms with E-state index in [0.717, 1.165) is 0 Å². The predicted octanol–water partition coefficient (Wildman–Crippen LogP) is 0.0732. The minimum absolute atomic E-state index is 0.208. The fourth-order valence-corrected chi connectivity index (χ4v) is 1.35. The molecule has 1 atom stereocenters. The van der Waals surface area contributed by atoms with Crippen molar-refractivity contribution in [1.82, 2.24) is 10.3 Å². The number of carbonyl (C=O) groups is 2. The van der Waals surface area contributed by atoms with Crippen molar-refractivity contribution in [3.05, 3.63) is 29.6 Å². The van der Waals surface area contributed by atoms with E-state index in [4.69, 9.17) is 10.5 Å². The summed E-state index contributed by atoms with van der Waals surface area (Å²) < 4.78 is 4.80. The fourth-order valence-electron chi connectivity index (χ4n) is 1.35. The summed E-state index contributed by atoms with van der Waals surface area (Å²) in [6, 6.07) is 2.48. The standard InChI is InChI=1S/C14H17N3O3/c1-3-20-14(19)10(2)17-13(18)12-7-6-11(9-16-12)5-4-8-15/h6-7,9-10H,3,8,15H2,1-2H3,(H,17,18). The molecule has 1 unspecified atom stereocenters. The topological polar surface area (TPSA) is 94.3 Å². The van der Waals surface area contributed by atoms with Crippen molar-refractivity contribution in [2.24, 2.45) is 5.73 Å². The molecule has 106 valence electrons. The van der Waals surface area contributed by atoms with Crippen LogP contribution in [0.25, 0.3) is 0 Å². The van der Waals surface area contributed by atoms with Gasteiger partial charge in [-0.1, -0.05) is 11.8 Å². The van der Waals surface area contributed by atoms with Gasteiger partial charge in [-0.05, 0) is 26.0 Å². The van der Waals surface area contributed by atoms with Gasteiger partial charge in [-0.25, -0.2) is 9.78 Å². The highest BCUT2D eigenvalue weighted by molar-refractivity contribution is 5.95. The summed E-state index contributed by atoms with van der Waals surface area (Å²) in [6.07, 6.45) is 1.48. The number of nitrogens with zero attached hydrogens (tertiary/aromatic N) is 1. The van der Waals surface area contributed by atoms with Crippen molar-refractivity contribution in [2.75, 3.05) is 13.2 Å². The van der Waals surface area contributed by atoms with Gasteiger partial charge in [-0.2, -0.15) is 0 Å². The minimum atomic E-state index is -0.721. The summed E-state index contributed by atoms with van der Waals surface area (Å²) >= 11 is 0. The van der Waals surface area contributed by atoms with Crippen molar-refractivity contribution in [3.8, 4) is 11.8 Å². The molecule has 0 spiro atoms. The van der Waals surface area contributed by atoms with E-state index in [0.29, 0.717) is 5.56 Å². The largest absolute Gasteiger partial charge is 0.464 e. The van der Waals surface area contributed by atoms with Crippen molar-refractivity contribution in [1.29, 1.82) is 0 Å². The number of hydrogen-bond acceptors (Lipinski definition) is 5. The van der Waals surface area contributed by atoms with Gasteiger partial charge in [-0.15, -0.1) is 0 Å². The van der Waals surface area contributed by atoms with E-state index < -0.39 is 17.9 Å². The van der Waals surface area contributed by atoms with Crippen LogP contribution in [0.4, 0.5) is 0 Å². The lowest BCUT2D eigenvalue weighted by molar-refractivity contribution is -0.144. The Morgan fingerprint density at radius 1 is 1.50 bits per heavy atom. The molecule has 1 amide bonds. The smallest absolute Gasteiger partial charge is 0.328 e. The normalized spacial score (nSPS) is 10.9. The SMILES string of the molecule is CCOC(=O)C(C)NC(=O)c1ccc(C#CCN)cn1. The molecule has 6 nitrogen and oxygen atoms in total. The number of nitrogens with one attached hydrogen (secondary N) is 1. The predicted molar refractivity (Wildman–Crippen MR) is 73.7 cm³/mol. The first-order valence-corrected chi connectivity index (χ1v) is 6.21. The number of pyridine rings is 1. The lowest BCUT2D eigenvalue weighted by Crippen LogP contribution is -2.39. The maximum atomic E-state index is 11.9. The summed E-state index contributed by atoms with van der Waals surface area (Å²) in [5.41, 5.74) is 6.14. The highest BCUT2D eigenvalue weighted by Crippen LogP contribution is 2.00. The fraction of sp³-hybridized carbons (Fsp3) is 0.357. The molecular formula is C14H17N3O3. The van der Waals surface area contributed by atoms with E-state index in [-0.39, 0.29) is 18.8 Å². The molecule has 0 aliphatic carbocycles. The second-order valence-electron chi connectivity index (χ2n) is 3.89. The van der Waals surface area contributed by atoms with E-state index in [1.54, 1.807) is 19.9 Å². The van der Waals surface area contributed by atoms with Crippen LogP contribution in [0.5, 0.6) is 0 Å². The number of aromatic nitrogens is 1. The van der Waals surface area contributed by atoms with Gasteiger partial charge in [0.15, 0.2) is 0 Å². The zero-order valence-electron chi connectivity index (χ0n) is 11.5. The highest BCUT2D eigenvalue weighted by atomic mass is 16.5. The maximum Gasteiger partial charge on any atom is 0.328 e. The lowest BCUT2D eigenvalue weighted by Gasteiger charge is -2.12. The summed E-state index contributed by atoms with van der Waals surface area (Å²) in [5.74, 6) is 4.57. The van der Waals surface area contributed by atoms with Gasteiger partial charge in [0.05, 0.1) is 13.2 Å². The molecule has 1 aromatic rings. The summed E-state index contributed by atoms with van der Waals surface area (Å²) in [6.45, 7) is 3.79. The molecule has 0 aliphatic rings. The van der Waals surface area contributed by atoms with E-state index in [2.05, 4.69) is 22.1 Å². The number of rotatable bonds is 4. The average molecular weight is 275 g/mol. The first-order chi connectivity index (χ1) is 9.58. The van der Waals surface area contributed by atoms with Gasteiger partial charge in [-0.3, -0.25) is 4.79 Å². The molecule has 0 bridgehead atoms. The Kier molecular flexibility index (Phi) is 6.20. The van der Waals surface area contributed by atoms with Crippen LogP contribution in [-0.4, -0.2) is 36.1 Å². The van der Waals surface area contributed by atoms with Gasteiger partial charge >= 0.3 is 5.97 Å². The number of nitrogens with two attached hydrogens (primary N) is 1. The molecule has 3 N–H and O–H groups in total. The minimum Gasteiger partial charge on any atom is -0.464 e. The van der Waals surface area contributed by atoms with E-state index in [9.17, 15) is 9.59 Å². The van der Waals surface area contributed by atoms with Gasteiger partial charge in [0.2, 0.25) is 0 Å². The number of amides is 1. The van der Waals surface area contributed by atoms with Crippen molar-refractivity contribution >= 4 is 11.9 Å². The Morgan fingerprint density at radius 3 is 2.80 bits per heavy atom. The van der Waals surface area contributed by atoms with Crippen LogP contribution in [0.2, 0.25) is 0 Å². The molecule has 6 heteroatoms. The van der Waals surface area contributed by atoms with Gasteiger partial charge < -0.3 is 15.8 Å². The Labute approximate surface area is 117 Å². The third-order valence-corrected chi connectivity index (χ3v) is 2.32. The van der Waals surface area contributed by atoms with Gasteiger partial charge in [0.1, 0.15) is 11.7 Å². The molecule has 1 rings (SSSR count). The van der Waals surface area contributed by atoms with Gasteiger partial charge in [0.25, 0.3) is 5.91 Å². The monoisotopic (exact) mass is 275 g/mol. The first-order valence-electron chi connectivity index (χ1n) is 6.21. The third kappa shape index (κ3) is 4.71. The quantitative estimate of drug-likeness (QED) is 0.599. The Morgan fingerprint density at radius 2 is 2.25 bits per heavy atom. The molecule has 0 saturated heterocycles. The summed E-state index contributed by atoms with van der Waals surface area (Å²) in [4.78, 5) is 27.2.